The third kappa shape index (κ3) is 5.54. The summed E-state index contributed by atoms with van der Waals surface area (Å²) in [6.45, 7) is 5.72. The fourth-order valence-electron chi connectivity index (χ4n) is 2.33. The zero-order valence-electron chi connectivity index (χ0n) is 14.1. The summed E-state index contributed by atoms with van der Waals surface area (Å²) in [4.78, 5) is 24.6. The molecule has 6 nitrogen and oxygen atoms in total. The first-order valence-electron chi connectivity index (χ1n) is 8.12. The van der Waals surface area contributed by atoms with Gasteiger partial charge in [-0.25, -0.2) is 4.79 Å². The van der Waals surface area contributed by atoms with E-state index in [1.165, 1.54) is 12.3 Å². The molecule has 0 saturated heterocycles. The molecule has 0 aromatic carbocycles. The molecule has 0 spiro atoms. The number of carbonyl (C=O) groups excluding carboxylic acids is 2. The van der Waals surface area contributed by atoms with Gasteiger partial charge in [0.15, 0.2) is 6.20 Å². The summed E-state index contributed by atoms with van der Waals surface area (Å²) in [6, 6.07) is 4.57. The van der Waals surface area contributed by atoms with Crippen molar-refractivity contribution >= 4 is 11.9 Å². The van der Waals surface area contributed by atoms with Gasteiger partial charge >= 0.3 is 11.9 Å². The number of nitrogens with one attached hydrogen (secondary N) is 1. The van der Waals surface area contributed by atoms with Crippen LogP contribution in [0.25, 0.3) is 0 Å². The monoisotopic (exact) mass is 322 g/mol. The number of aromatic nitrogens is 1. The zero-order chi connectivity index (χ0) is 17.3. The molecule has 128 valence electrons. The van der Waals surface area contributed by atoms with Crippen LogP contribution in [0.5, 0.6) is 0 Å². The molecular weight excluding hydrogens is 296 g/mol. The second-order valence-electron chi connectivity index (χ2n) is 5.73. The van der Waals surface area contributed by atoms with Gasteiger partial charge in [0, 0.05) is 12.1 Å². The number of unbranched alkanes of at least 4 members (excludes halogenated alkanes) is 3. The number of nitrogens with zero attached hydrogens (tertiary/aromatic N) is 1. The maximum Gasteiger partial charge on any atom is 0.331 e. The molecule has 23 heavy (non-hydrogen) atoms. The van der Waals surface area contributed by atoms with E-state index in [0.717, 1.165) is 25.7 Å². The highest BCUT2D eigenvalue weighted by atomic mass is 16.5. The molecule has 1 amide bonds. The van der Waals surface area contributed by atoms with Crippen LogP contribution in [0.3, 0.4) is 0 Å². The van der Waals surface area contributed by atoms with E-state index >= 15 is 0 Å². The number of esters is 1. The van der Waals surface area contributed by atoms with Crippen LogP contribution in [-0.2, 0) is 9.53 Å². The third-order valence-corrected chi connectivity index (χ3v) is 3.70. The second-order valence-corrected chi connectivity index (χ2v) is 5.73. The molecule has 0 saturated carbocycles. The first kappa shape index (κ1) is 18.9. The van der Waals surface area contributed by atoms with Crippen molar-refractivity contribution in [2.45, 2.75) is 58.4 Å². The van der Waals surface area contributed by atoms with Crippen LogP contribution >= 0.6 is 0 Å². The molecule has 1 unspecified atom stereocenters. The van der Waals surface area contributed by atoms with Gasteiger partial charge in [-0.15, -0.1) is 0 Å². The number of ether oxygens (including phenoxy) is 1. The SMILES string of the molecule is CCCCCCC(C)(NC(=O)c1cccc[n+]1[O-])C(=O)OCC. The normalized spacial score (nSPS) is 13.2. The van der Waals surface area contributed by atoms with E-state index in [0.29, 0.717) is 11.2 Å². The molecule has 0 bridgehead atoms. The molecule has 1 atom stereocenters. The van der Waals surface area contributed by atoms with Gasteiger partial charge in [-0.1, -0.05) is 32.6 Å². The van der Waals surface area contributed by atoms with Crippen LogP contribution in [0, 0.1) is 5.21 Å². The topological polar surface area (TPSA) is 82.3 Å². The van der Waals surface area contributed by atoms with Gasteiger partial charge in [0.1, 0.15) is 5.54 Å². The molecule has 0 aliphatic heterocycles. The molecule has 1 heterocycles. The van der Waals surface area contributed by atoms with Gasteiger partial charge in [0.05, 0.1) is 6.61 Å². The summed E-state index contributed by atoms with van der Waals surface area (Å²) in [5.74, 6) is -1.05. The van der Waals surface area contributed by atoms with Crippen LogP contribution in [0.4, 0.5) is 0 Å². The smallest absolute Gasteiger partial charge is 0.331 e. The van der Waals surface area contributed by atoms with Gasteiger partial charge in [-0.3, -0.25) is 4.79 Å². The quantitative estimate of drug-likeness (QED) is 0.327. The van der Waals surface area contributed by atoms with E-state index < -0.39 is 17.4 Å². The Kier molecular flexibility index (Phi) is 7.51. The number of amides is 1. The summed E-state index contributed by atoms with van der Waals surface area (Å²) in [7, 11) is 0. The fraction of sp³-hybridized carbons (Fsp3) is 0.588. The predicted molar refractivity (Wildman–Crippen MR) is 86.7 cm³/mol. The Morgan fingerprint density at radius 2 is 2.00 bits per heavy atom. The van der Waals surface area contributed by atoms with E-state index in [4.69, 9.17) is 4.74 Å². The zero-order valence-corrected chi connectivity index (χ0v) is 14.1. The largest absolute Gasteiger partial charge is 0.618 e. The number of hydrogen-bond acceptors (Lipinski definition) is 4. The molecule has 1 N–H and O–H groups in total. The molecule has 0 aliphatic rings. The van der Waals surface area contributed by atoms with E-state index in [1.54, 1.807) is 26.0 Å². The molecule has 1 rings (SSSR count). The minimum atomic E-state index is -1.14. The van der Waals surface area contributed by atoms with Crippen LogP contribution in [0.1, 0.15) is 63.4 Å². The van der Waals surface area contributed by atoms with Crippen molar-refractivity contribution in [1.82, 2.24) is 5.32 Å². The van der Waals surface area contributed by atoms with Crippen molar-refractivity contribution in [3.8, 4) is 0 Å². The molecule has 1 aromatic heterocycles. The van der Waals surface area contributed by atoms with Gasteiger partial charge in [-0.2, -0.15) is 4.73 Å². The summed E-state index contributed by atoms with van der Waals surface area (Å²) in [5.41, 5.74) is -1.18. The van der Waals surface area contributed by atoms with Gasteiger partial charge < -0.3 is 15.3 Å². The number of hydrogen-bond donors (Lipinski definition) is 1. The lowest BCUT2D eigenvalue weighted by Crippen LogP contribution is -2.55. The van der Waals surface area contributed by atoms with E-state index in [-0.39, 0.29) is 12.3 Å². The Morgan fingerprint density at radius 3 is 2.61 bits per heavy atom. The first-order valence-corrected chi connectivity index (χ1v) is 8.12. The highest BCUT2D eigenvalue weighted by molar-refractivity contribution is 5.95. The van der Waals surface area contributed by atoms with Gasteiger partial charge in [0.25, 0.3) is 5.69 Å². The average Bonchev–Trinajstić information content (AvgIpc) is 2.52. The summed E-state index contributed by atoms with van der Waals surface area (Å²) in [5, 5.41) is 14.4. The van der Waals surface area contributed by atoms with Crippen LogP contribution < -0.4 is 10.0 Å². The lowest BCUT2D eigenvalue weighted by atomic mass is 9.93. The van der Waals surface area contributed by atoms with E-state index in [2.05, 4.69) is 12.2 Å². The average molecular weight is 322 g/mol. The van der Waals surface area contributed by atoms with Gasteiger partial charge in [0.2, 0.25) is 0 Å². The molecular formula is C17H26N2O4. The Balaban J connectivity index is 2.85. The van der Waals surface area contributed by atoms with Crippen LogP contribution in [0.2, 0.25) is 0 Å². The number of rotatable bonds is 9. The van der Waals surface area contributed by atoms with Crippen LogP contribution in [0.15, 0.2) is 24.4 Å². The summed E-state index contributed by atoms with van der Waals surface area (Å²) in [6.07, 6.45) is 5.67. The summed E-state index contributed by atoms with van der Waals surface area (Å²) < 4.78 is 5.58. The third-order valence-electron chi connectivity index (χ3n) is 3.70. The van der Waals surface area contributed by atoms with Crippen molar-refractivity contribution < 1.29 is 19.1 Å². The Labute approximate surface area is 137 Å². The number of carbonyl (C=O) groups is 2. The molecule has 0 fully saturated rings. The Hall–Kier alpha value is -2.11. The first-order chi connectivity index (χ1) is 10.9. The highest BCUT2D eigenvalue weighted by Gasteiger charge is 2.37. The van der Waals surface area contributed by atoms with Gasteiger partial charge in [-0.05, 0) is 26.3 Å². The van der Waals surface area contributed by atoms with Crippen molar-refractivity contribution in [1.29, 1.82) is 0 Å². The lowest BCUT2D eigenvalue weighted by molar-refractivity contribution is -0.607. The van der Waals surface area contributed by atoms with Crippen molar-refractivity contribution in [3.63, 3.8) is 0 Å². The van der Waals surface area contributed by atoms with Crippen molar-refractivity contribution in [2.75, 3.05) is 6.61 Å². The van der Waals surface area contributed by atoms with E-state index in [1.807, 2.05) is 0 Å². The van der Waals surface area contributed by atoms with Crippen LogP contribution in [-0.4, -0.2) is 24.0 Å². The van der Waals surface area contributed by atoms with Crippen molar-refractivity contribution in [2.24, 2.45) is 0 Å². The van der Waals surface area contributed by atoms with E-state index in [9.17, 15) is 14.8 Å². The predicted octanol–water partition coefficient (Wildman–Crippen LogP) is 2.34. The fourth-order valence-corrected chi connectivity index (χ4v) is 2.33. The second kappa shape index (κ2) is 9.12. The van der Waals surface area contributed by atoms with Crippen molar-refractivity contribution in [3.05, 3.63) is 35.3 Å². The molecule has 0 aliphatic carbocycles. The maximum absolute atomic E-state index is 12.3. The molecule has 0 radical (unpaired) electrons. The minimum Gasteiger partial charge on any atom is -0.618 e. The standard InChI is InChI=1S/C17H26N2O4/c1-4-6-7-9-12-17(3,16(21)23-5-2)18-15(20)14-11-8-10-13-19(14)22/h8,10-11,13H,4-7,9,12H2,1-3H3,(H,18,20). The highest BCUT2D eigenvalue weighted by Crippen LogP contribution is 2.18. The minimum absolute atomic E-state index is 0.0448. The number of pyridine rings is 1. The lowest BCUT2D eigenvalue weighted by Gasteiger charge is -2.28. The molecule has 6 heteroatoms. The Morgan fingerprint density at radius 1 is 1.26 bits per heavy atom. The summed E-state index contributed by atoms with van der Waals surface area (Å²) >= 11 is 0. The molecule has 1 aromatic rings. The Bertz CT molecular complexity index is 533. The maximum atomic E-state index is 12.3.